The molecule has 2 aliphatic heterocycles. The predicted octanol–water partition coefficient (Wildman–Crippen LogP) is 4.00. The number of amides is 1. The van der Waals surface area contributed by atoms with Gasteiger partial charge in [0.1, 0.15) is 11.4 Å². The number of thiophene rings is 1. The summed E-state index contributed by atoms with van der Waals surface area (Å²) in [5.41, 5.74) is 7.06. The second-order valence-electron chi connectivity index (χ2n) is 7.84. The van der Waals surface area contributed by atoms with E-state index >= 15 is 0 Å². The lowest BCUT2D eigenvalue weighted by Gasteiger charge is -2.44. The van der Waals surface area contributed by atoms with Crippen molar-refractivity contribution in [3.63, 3.8) is 0 Å². The van der Waals surface area contributed by atoms with E-state index in [-0.39, 0.29) is 18.1 Å². The summed E-state index contributed by atoms with van der Waals surface area (Å²) in [4.78, 5) is 27.8. The van der Waals surface area contributed by atoms with Gasteiger partial charge in [0.25, 0.3) is 5.91 Å². The summed E-state index contributed by atoms with van der Waals surface area (Å²) in [6, 6.07) is 14.7. The number of nitrogen functional groups attached to an aromatic ring is 1. The van der Waals surface area contributed by atoms with Crippen LogP contribution in [0.4, 0.5) is 5.00 Å². The molecule has 1 aromatic heterocycles. The lowest BCUT2D eigenvalue weighted by molar-refractivity contribution is -0.00562. The predicted molar refractivity (Wildman–Crippen MR) is 115 cm³/mol. The number of piperidine rings is 1. The molecule has 0 bridgehead atoms. The number of likely N-dealkylation sites (tertiary alicyclic amines) is 1. The number of anilines is 1. The number of nitriles is 1. The highest BCUT2D eigenvalue weighted by molar-refractivity contribution is 7.23. The molecule has 0 radical (unpaired) electrons. The number of hydrogen-bond acceptors (Lipinski definition) is 6. The molecule has 0 atom stereocenters. The van der Waals surface area contributed by atoms with Crippen molar-refractivity contribution in [2.45, 2.75) is 24.9 Å². The molecule has 7 heteroatoms. The lowest BCUT2D eigenvalue weighted by Crippen LogP contribution is -2.52. The second kappa shape index (κ2) is 6.85. The third-order valence-electron chi connectivity index (χ3n) is 6.02. The van der Waals surface area contributed by atoms with Gasteiger partial charge in [0, 0.05) is 36.0 Å². The smallest absolute Gasteiger partial charge is 0.257 e. The number of fused-ring (bicyclic) bond motifs is 2. The Kier molecular flexibility index (Phi) is 4.26. The van der Waals surface area contributed by atoms with Crippen LogP contribution in [-0.2, 0) is 0 Å². The molecule has 0 aliphatic carbocycles. The first-order chi connectivity index (χ1) is 14.5. The zero-order valence-corrected chi connectivity index (χ0v) is 17.0. The van der Waals surface area contributed by atoms with Gasteiger partial charge < -0.3 is 15.4 Å². The Balaban J connectivity index is 1.36. The molecular weight excluding hydrogens is 398 g/mol. The van der Waals surface area contributed by atoms with Gasteiger partial charge in [0.05, 0.1) is 34.2 Å². The molecule has 3 heterocycles. The van der Waals surface area contributed by atoms with Crippen LogP contribution < -0.4 is 10.5 Å². The topological polar surface area (TPSA) is 96.4 Å². The molecule has 30 heavy (non-hydrogen) atoms. The zero-order valence-electron chi connectivity index (χ0n) is 16.2. The van der Waals surface area contributed by atoms with Crippen LogP contribution in [0, 0.1) is 11.3 Å². The van der Waals surface area contributed by atoms with Crippen molar-refractivity contribution < 1.29 is 14.3 Å². The molecule has 0 unspecified atom stereocenters. The fourth-order valence-electron chi connectivity index (χ4n) is 4.40. The van der Waals surface area contributed by atoms with Gasteiger partial charge in [0.15, 0.2) is 5.78 Å². The van der Waals surface area contributed by atoms with E-state index in [9.17, 15) is 9.59 Å². The highest BCUT2D eigenvalue weighted by atomic mass is 32.1. The largest absolute Gasteiger partial charge is 0.486 e. The van der Waals surface area contributed by atoms with Gasteiger partial charge in [-0.05, 0) is 24.3 Å². The molecule has 2 aromatic carbocycles. The molecule has 2 aliphatic rings. The van der Waals surface area contributed by atoms with Gasteiger partial charge in [-0.15, -0.1) is 11.3 Å². The van der Waals surface area contributed by atoms with E-state index in [1.807, 2.05) is 24.3 Å². The van der Waals surface area contributed by atoms with Crippen molar-refractivity contribution in [3.05, 3.63) is 59.2 Å². The number of ketones is 1. The molecule has 0 saturated carbocycles. The summed E-state index contributed by atoms with van der Waals surface area (Å²) in [7, 11) is 0. The van der Waals surface area contributed by atoms with E-state index in [2.05, 4.69) is 6.07 Å². The van der Waals surface area contributed by atoms with Crippen LogP contribution in [0.1, 0.15) is 45.5 Å². The van der Waals surface area contributed by atoms with Crippen LogP contribution >= 0.6 is 11.3 Å². The highest BCUT2D eigenvalue weighted by Crippen LogP contribution is 2.41. The Morgan fingerprint density at radius 2 is 1.97 bits per heavy atom. The number of rotatable bonds is 1. The standard InChI is InChI=1S/C23H19N3O3S/c24-13-14-5-6-18-16(11-14)17(27)12-23(29-18)7-9-26(10-8-23)22(28)20-15-3-1-2-4-19(15)30-21(20)25/h1-6,11H,7-10,12,25H2. The molecule has 5 rings (SSSR count). The number of nitrogens with two attached hydrogens (primary N) is 1. The van der Waals surface area contributed by atoms with E-state index in [1.165, 1.54) is 11.3 Å². The SMILES string of the molecule is N#Cc1ccc2c(c1)C(=O)CC1(CCN(C(=O)c3c(N)sc4ccccc34)CC1)O2. The molecule has 3 aromatic rings. The molecule has 1 saturated heterocycles. The number of carbonyl (C=O) groups excluding carboxylic acids is 2. The van der Waals surface area contributed by atoms with Crippen LogP contribution in [0.2, 0.25) is 0 Å². The third-order valence-corrected chi connectivity index (χ3v) is 7.02. The van der Waals surface area contributed by atoms with Gasteiger partial charge >= 0.3 is 0 Å². The monoisotopic (exact) mass is 417 g/mol. The van der Waals surface area contributed by atoms with Crippen molar-refractivity contribution in [1.29, 1.82) is 5.26 Å². The minimum Gasteiger partial charge on any atom is -0.486 e. The van der Waals surface area contributed by atoms with Crippen molar-refractivity contribution >= 4 is 38.1 Å². The Morgan fingerprint density at radius 1 is 1.20 bits per heavy atom. The maximum atomic E-state index is 13.2. The maximum absolute atomic E-state index is 13.2. The Hall–Kier alpha value is -3.37. The molecule has 1 amide bonds. The van der Waals surface area contributed by atoms with Gasteiger partial charge in [-0.2, -0.15) is 5.26 Å². The average Bonchev–Trinajstić information content (AvgIpc) is 3.09. The highest BCUT2D eigenvalue weighted by Gasteiger charge is 2.44. The number of hydrogen-bond donors (Lipinski definition) is 1. The van der Waals surface area contributed by atoms with Gasteiger partial charge in [-0.1, -0.05) is 18.2 Å². The van der Waals surface area contributed by atoms with Crippen molar-refractivity contribution in [2.24, 2.45) is 0 Å². The van der Waals surface area contributed by atoms with Crippen LogP contribution in [-0.4, -0.2) is 35.3 Å². The summed E-state index contributed by atoms with van der Waals surface area (Å²) in [5.74, 6) is 0.445. The van der Waals surface area contributed by atoms with Gasteiger partial charge in [-0.3, -0.25) is 9.59 Å². The number of nitrogens with zero attached hydrogens (tertiary/aromatic N) is 2. The first-order valence-corrected chi connectivity index (χ1v) is 10.6. The van der Waals surface area contributed by atoms with E-state index < -0.39 is 5.60 Å². The van der Waals surface area contributed by atoms with Crippen molar-refractivity contribution in [3.8, 4) is 11.8 Å². The van der Waals surface area contributed by atoms with Crippen molar-refractivity contribution in [2.75, 3.05) is 18.8 Å². The molecule has 2 N–H and O–H groups in total. The molecular formula is C23H19N3O3S. The number of benzene rings is 2. The Bertz CT molecular complexity index is 1230. The Morgan fingerprint density at radius 3 is 2.73 bits per heavy atom. The second-order valence-corrected chi connectivity index (χ2v) is 8.92. The third kappa shape index (κ3) is 2.92. The zero-order chi connectivity index (χ0) is 20.9. The number of carbonyl (C=O) groups is 2. The lowest BCUT2D eigenvalue weighted by atomic mass is 9.82. The first kappa shape index (κ1) is 18.6. The minimum atomic E-state index is -0.600. The Labute approximate surface area is 177 Å². The van der Waals surface area contributed by atoms with E-state index in [0.29, 0.717) is 53.4 Å². The number of Topliss-reactive ketones (excluding diaryl/α,β-unsaturated/α-hetero) is 1. The molecule has 150 valence electrons. The quantitative estimate of drug-likeness (QED) is 0.646. The van der Waals surface area contributed by atoms with Gasteiger partial charge in [0.2, 0.25) is 0 Å². The van der Waals surface area contributed by atoms with Crippen LogP contribution in [0.3, 0.4) is 0 Å². The maximum Gasteiger partial charge on any atom is 0.257 e. The summed E-state index contributed by atoms with van der Waals surface area (Å²) < 4.78 is 7.25. The summed E-state index contributed by atoms with van der Waals surface area (Å²) >= 11 is 1.43. The molecule has 1 spiro atoms. The van der Waals surface area contributed by atoms with Crippen LogP contribution in [0.15, 0.2) is 42.5 Å². The average molecular weight is 417 g/mol. The summed E-state index contributed by atoms with van der Waals surface area (Å²) in [6.45, 7) is 1.00. The molecule has 6 nitrogen and oxygen atoms in total. The summed E-state index contributed by atoms with van der Waals surface area (Å²) in [5, 5.41) is 10.5. The van der Waals surface area contributed by atoms with Gasteiger partial charge in [-0.25, -0.2) is 0 Å². The van der Waals surface area contributed by atoms with Crippen molar-refractivity contribution in [1.82, 2.24) is 4.90 Å². The van der Waals surface area contributed by atoms with E-state index in [1.54, 1.807) is 23.1 Å². The number of ether oxygens (including phenoxy) is 1. The first-order valence-electron chi connectivity index (χ1n) is 9.82. The normalized spacial score (nSPS) is 17.4. The minimum absolute atomic E-state index is 0.0128. The fourth-order valence-corrected chi connectivity index (χ4v) is 5.37. The van der Waals surface area contributed by atoms with Crippen LogP contribution in [0.25, 0.3) is 10.1 Å². The fraction of sp³-hybridized carbons (Fsp3) is 0.261. The van der Waals surface area contributed by atoms with Crippen LogP contribution in [0.5, 0.6) is 5.75 Å². The van der Waals surface area contributed by atoms with E-state index in [4.69, 9.17) is 15.7 Å². The van der Waals surface area contributed by atoms with E-state index in [0.717, 1.165) is 10.1 Å². The summed E-state index contributed by atoms with van der Waals surface area (Å²) in [6.07, 6.45) is 1.41. The molecule has 1 fully saturated rings.